The van der Waals surface area contributed by atoms with Gasteiger partial charge in [0, 0.05) is 22.9 Å². The molecule has 3 aromatic rings. The first-order valence-corrected chi connectivity index (χ1v) is 11.4. The normalized spacial score (nSPS) is 11.6. The van der Waals surface area contributed by atoms with Gasteiger partial charge in [-0.3, -0.25) is 4.57 Å². The van der Waals surface area contributed by atoms with Crippen molar-refractivity contribution in [2.75, 3.05) is 11.5 Å². The zero-order valence-corrected chi connectivity index (χ0v) is 16.8. The molecular formula is C18H19ClN4O2S2. The lowest BCUT2D eigenvalue weighted by molar-refractivity contribution is 0.596. The molecule has 0 spiro atoms. The smallest absolute Gasteiger partial charge is 0.209 e. The van der Waals surface area contributed by atoms with Crippen molar-refractivity contribution in [1.82, 2.24) is 14.8 Å². The Morgan fingerprint density at radius 3 is 2.41 bits per heavy atom. The second kappa shape index (κ2) is 8.88. The van der Waals surface area contributed by atoms with Crippen LogP contribution < -0.4 is 5.14 Å². The summed E-state index contributed by atoms with van der Waals surface area (Å²) in [7, 11) is -3.45. The second-order valence-corrected chi connectivity index (χ2v) is 9.17. The Balaban J connectivity index is 1.85. The lowest BCUT2D eigenvalue weighted by atomic mass is 10.1. The molecule has 0 unspecified atom stereocenters. The number of rotatable bonds is 8. The molecule has 0 aliphatic rings. The molecular weight excluding hydrogens is 404 g/mol. The maximum Gasteiger partial charge on any atom is 0.209 e. The van der Waals surface area contributed by atoms with Crippen LogP contribution in [0.25, 0.3) is 5.69 Å². The molecule has 27 heavy (non-hydrogen) atoms. The van der Waals surface area contributed by atoms with Gasteiger partial charge in [0.2, 0.25) is 10.0 Å². The first-order chi connectivity index (χ1) is 12.9. The summed E-state index contributed by atoms with van der Waals surface area (Å²) < 4.78 is 24.2. The van der Waals surface area contributed by atoms with Crippen LogP contribution in [-0.4, -0.2) is 34.7 Å². The van der Waals surface area contributed by atoms with E-state index >= 15 is 0 Å². The highest BCUT2D eigenvalue weighted by atomic mass is 35.5. The van der Waals surface area contributed by atoms with Crippen molar-refractivity contribution < 1.29 is 8.42 Å². The van der Waals surface area contributed by atoms with Crippen LogP contribution in [0.15, 0.2) is 59.8 Å². The topological polar surface area (TPSA) is 90.9 Å². The molecule has 3 rings (SSSR count). The van der Waals surface area contributed by atoms with E-state index < -0.39 is 10.0 Å². The van der Waals surface area contributed by atoms with Gasteiger partial charge in [0.25, 0.3) is 0 Å². The average Bonchev–Trinajstić information content (AvgIpc) is 3.02. The van der Waals surface area contributed by atoms with Gasteiger partial charge in [-0.2, -0.15) is 0 Å². The molecule has 9 heteroatoms. The molecule has 0 bridgehead atoms. The lowest BCUT2D eigenvalue weighted by Crippen LogP contribution is -2.16. The van der Waals surface area contributed by atoms with E-state index in [1.807, 2.05) is 59.2 Å². The first kappa shape index (κ1) is 19.9. The summed E-state index contributed by atoms with van der Waals surface area (Å²) in [5.41, 5.74) is 2.04. The van der Waals surface area contributed by atoms with E-state index in [-0.39, 0.29) is 5.75 Å². The van der Waals surface area contributed by atoms with Gasteiger partial charge in [0.1, 0.15) is 5.82 Å². The van der Waals surface area contributed by atoms with Crippen molar-refractivity contribution >= 4 is 33.4 Å². The molecule has 0 radical (unpaired) electrons. The van der Waals surface area contributed by atoms with Crippen LogP contribution >= 0.6 is 23.4 Å². The molecule has 1 aromatic heterocycles. The minimum atomic E-state index is -3.45. The average molecular weight is 423 g/mol. The number of sulfonamides is 1. The van der Waals surface area contributed by atoms with E-state index in [4.69, 9.17) is 16.7 Å². The number of nitrogens with zero attached hydrogens (tertiary/aromatic N) is 3. The Hall–Kier alpha value is -1.87. The Bertz CT molecular complexity index is 990. The molecule has 0 aliphatic heterocycles. The Morgan fingerprint density at radius 1 is 1.04 bits per heavy atom. The number of aromatic nitrogens is 3. The molecule has 2 aromatic carbocycles. The number of benzene rings is 2. The molecule has 1 heterocycles. The third kappa shape index (κ3) is 5.80. The molecule has 0 atom stereocenters. The maximum atomic E-state index is 11.1. The molecule has 142 valence electrons. The van der Waals surface area contributed by atoms with Crippen molar-refractivity contribution in [3.63, 3.8) is 0 Å². The fourth-order valence-corrected chi connectivity index (χ4v) is 4.32. The van der Waals surface area contributed by atoms with Gasteiger partial charge in [-0.05, 0) is 36.2 Å². The molecule has 6 nitrogen and oxygen atoms in total. The molecule has 0 saturated heterocycles. The minimum absolute atomic E-state index is 0.0496. The van der Waals surface area contributed by atoms with Crippen molar-refractivity contribution in [3.8, 4) is 5.69 Å². The van der Waals surface area contributed by atoms with E-state index in [1.165, 1.54) is 11.8 Å². The zero-order valence-electron chi connectivity index (χ0n) is 14.5. The number of hydrogen-bond acceptors (Lipinski definition) is 5. The second-order valence-electron chi connectivity index (χ2n) is 5.94. The van der Waals surface area contributed by atoms with Crippen molar-refractivity contribution in [1.29, 1.82) is 0 Å². The van der Waals surface area contributed by atoms with Crippen LogP contribution in [0.4, 0.5) is 0 Å². The van der Waals surface area contributed by atoms with E-state index in [9.17, 15) is 8.42 Å². The summed E-state index contributed by atoms with van der Waals surface area (Å²) >= 11 is 7.47. The summed E-state index contributed by atoms with van der Waals surface area (Å²) in [6.45, 7) is 0. The van der Waals surface area contributed by atoms with E-state index in [2.05, 4.69) is 10.2 Å². The van der Waals surface area contributed by atoms with Gasteiger partial charge in [-0.15, -0.1) is 10.2 Å². The predicted octanol–water partition coefficient (Wildman–Crippen LogP) is 3.28. The zero-order chi connectivity index (χ0) is 19.3. The van der Waals surface area contributed by atoms with E-state index in [0.717, 1.165) is 17.1 Å². The van der Waals surface area contributed by atoms with E-state index in [1.54, 1.807) is 0 Å². The summed E-state index contributed by atoms with van der Waals surface area (Å²) in [5.74, 6) is 1.33. The van der Waals surface area contributed by atoms with Crippen LogP contribution in [0.3, 0.4) is 0 Å². The largest absolute Gasteiger partial charge is 0.274 e. The number of nitrogens with two attached hydrogens (primary N) is 1. The van der Waals surface area contributed by atoms with Gasteiger partial charge in [0.15, 0.2) is 5.16 Å². The maximum absolute atomic E-state index is 11.1. The third-order valence-electron chi connectivity index (χ3n) is 3.79. The van der Waals surface area contributed by atoms with Gasteiger partial charge >= 0.3 is 0 Å². The summed E-state index contributed by atoms with van der Waals surface area (Å²) in [4.78, 5) is 0. The third-order valence-corrected chi connectivity index (χ3v) is 5.92. The number of primary sulfonamides is 1. The number of hydrogen-bond donors (Lipinski definition) is 1. The number of thioether (sulfide) groups is 1. The summed E-state index contributed by atoms with van der Waals surface area (Å²) in [5, 5.41) is 15.1. The predicted molar refractivity (Wildman–Crippen MR) is 109 cm³/mol. The van der Waals surface area contributed by atoms with Crippen LogP contribution in [-0.2, 0) is 16.4 Å². The first-order valence-electron chi connectivity index (χ1n) is 8.30. The Labute approximate surface area is 167 Å². The van der Waals surface area contributed by atoms with Crippen molar-refractivity contribution in [2.24, 2.45) is 5.14 Å². The van der Waals surface area contributed by atoms with Crippen molar-refractivity contribution in [2.45, 2.75) is 18.0 Å². The summed E-state index contributed by atoms with van der Waals surface area (Å²) in [6, 6.07) is 17.5. The quantitative estimate of drug-likeness (QED) is 0.444. The molecule has 0 fully saturated rings. The van der Waals surface area contributed by atoms with Crippen LogP contribution in [0.2, 0.25) is 5.02 Å². The highest BCUT2D eigenvalue weighted by Gasteiger charge is 2.15. The van der Waals surface area contributed by atoms with Gasteiger partial charge in [0.05, 0.1) is 5.75 Å². The van der Waals surface area contributed by atoms with Crippen LogP contribution in [0.1, 0.15) is 17.8 Å². The van der Waals surface area contributed by atoms with Gasteiger partial charge < -0.3 is 0 Å². The SMILES string of the molecule is NS(=O)(=O)CCCSc1nnc(Cc2ccccc2)n1-c1ccc(Cl)cc1. The van der Waals surface area contributed by atoms with Gasteiger partial charge in [-0.25, -0.2) is 13.6 Å². The Kier molecular flexibility index (Phi) is 6.54. The van der Waals surface area contributed by atoms with E-state index in [0.29, 0.717) is 28.8 Å². The summed E-state index contributed by atoms with van der Waals surface area (Å²) in [6.07, 6.45) is 1.08. The van der Waals surface area contributed by atoms with Gasteiger partial charge in [-0.1, -0.05) is 53.7 Å². The minimum Gasteiger partial charge on any atom is -0.274 e. The van der Waals surface area contributed by atoms with Crippen LogP contribution in [0.5, 0.6) is 0 Å². The fourth-order valence-electron chi connectivity index (χ4n) is 2.56. The monoisotopic (exact) mass is 422 g/mol. The highest BCUT2D eigenvalue weighted by Crippen LogP contribution is 2.25. The highest BCUT2D eigenvalue weighted by molar-refractivity contribution is 7.99. The Morgan fingerprint density at radius 2 is 1.74 bits per heavy atom. The standard InChI is InChI=1S/C18H19ClN4O2S2/c19-15-7-9-16(10-8-15)23-17(13-14-5-2-1-3-6-14)21-22-18(23)26-11-4-12-27(20,24)25/h1-3,5-10H,4,11-13H2,(H2,20,24,25). The lowest BCUT2D eigenvalue weighted by Gasteiger charge is -2.10. The molecule has 0 amide bonds. The number of halogens is 1. The van der Waals surface area contributed by atoms with Crippen molar-refractivity contribution in [3.05, 3.63) is 71.0 Å². The fraction of sp³-hybridized carbons (Fsp3) is 0.222. The van der Waals surface area contributed by atoms with Crippen LogP contribution in [0, 0.1) is 0 Å². The molecule has 0 saturated carbocycles. The molecule has 0 aliphatic carbocycles. The molecule has 2 N–H and O–H groups in total.